The third-order valence-electron chi connectivity index (χ3n) is 8.91. The summed E-state index contributed by atoms with van der Waals surface area (Å²) in [7, 11) is -1.92. The van der Waals surface area contributed by atoms with E-state index in [-0.39, 0.29) is 18.5 Å². The van der Waals surface area contributed by atoms with E-state index in [0.29, 0.717) is 6.04 Å². The van der Waals surface area contributed by atoms with Crippen molar-refractivity contribution in [3.8, 4) is 0 Å². The van der Waals surface area contributed by atoms with Crippen molar-refractivity contribution in [1.82, 2.24) is 19.9 Å². The highest BCUT2D eigenvalue weighted by atomic mass is 32.2. The molecule has 5 aliphatic rings. The van der Waals surface area contributed by atoms with Crippen LogP contribution < -0.4 is 21.5 Å². The first kappa shape index (κ1) is 36.3. The van der Waals surface area contributed by atoms with Crippen molar-refractivity contribution in [2.45, 2.75) is 75.8 Å². The molecular weight excluding hydrogens is 670 g/mol. The van der Waals surface area contributed by atoms with E-state index in [0.717, 1.165) is 26.1 Å². The van der Waals surface area contributed by atoms with E-state index >= 15 is 0 Å². The molecule has 17 heteroatoms. The number of pyridine rings is 1. The van der Waals surface area contributed by atoms with Crippen LogP contribution in [0.4, 0.5) is 11.6 Å². The lowest BCUT2D eigenvalue weighted by Gasteiger charge is -2.41. The van der Waals surface area contributed by atoms with E-state index in [9.17, 15) is 13.2 Å². The van der Waals surface area contributed by atoms with Gasteiger partial charge in [0.2, 0.25) is 5.79 Å². The topological polar surface area (TPSA) is 207 Å². The average molecular weight is 716 g/mol. The van der Waals surface area contributed by atoms with Gasteiger partial charge in [-0.2, -0.15) is 13.4 Å². The molecule has 0 aliphatic carbocycles. The molecule has 0 amide bonds. The maximum atomic E-state index is 11.1. The molecule has 0 spiro atoms. The lowest BCUT2D eigenvalue weighted by Crippen LogP contribution is -2.60. The monoisotopic (exact) mass is 715 g/mol. The average Bonchev–Trinajstić information content (AvgIpc) is 3.46. The van der Waals surface area contributed by atoms with Gasteiger partial charge in [0.1, 0.15) is 36.6 Å². The Morgan fingerprint density at radius 2 is 1.78 bits per heavy atom. The van der Waals surface area contributed by atoms with Gasteiger partial charge in [-0.15, -0.1) is 0 Å². The van der Waals surface area contributed by atoms with Crippen LogP contribution >= 0.6 is 0 Å². The minimum atomic E-state index is -4.14. The molecular formula is C33H45N7O9S. The Morgan fingerprint density at radius 3 is 2.50 bits per heavy atom. The van der Waals surface area contributed by atoms with Crippen LogP contribution in [0, 0.1) is 0 Å². The van der Waals surface area contributed by atoms with Crippen molar-refractivity contribution < 1.29 is 36.3 Å². The minimum Gasteiger partial charge on any atom is -0.383 e. The summed E-state index contributed by atoms with van der Waals surface area (Å²) >= 11 is 0. The standard InChI is InChI=1S/C17H19N3.C12H21NO8S.C4H5N3O/c1-19-9-10-20-16(12-19)15-7-3-2-5-13(15)11-14-6-4-8-18-17(14)20;1-10(2)18-7-5-16-12(6-17-22(13,14)15)9(8(7)19-10)20-11(3,4)21-12;5-3-1-2-6-4(8)7-3/h2-8,16H,9-12H2,1H3;7-9H,5-6H2,1-4H3,(H2,13,14,15);1-2H,(H3,5,6,7,8)/t;7-,8-,9+,12+;/m.1./s1. The molecule has 0 radical (unpaired) electrons. The molecule has 5 aliphatic heterocycles. The number of nitrogens with two attached hydrogens (primary N) is 2. The number of benzene rings is 1. The Morgan fingerprint density at radius 1 is 1.02 bits per heavy atom. The molecule has 272 valence electrons. The normalized spacial score (nSPS) is 29.0. The summed E-state index contributed by atoms with van der Waals surface area (Å²) in [5.41, 5.74) is 8.99. The Labute approximate surface area is 291 Å². The lowest BCUT2D eigenvalue weighted by atomic mass is 9.96. The first-order valence-electron chi connectivity index (χ1n) is 16.4. The molecule has 8 rings (SSSR count). The fraction of sp³-hybridized carbons (Fsp3) is 0.545. The molecule has 5 N–H and O–H groups in total. The molecule has 3 aromatic rings. The number of aromatic amines is 1. The minimum absolute atomic E-state index is 0.165. The van der Waals surface area contributed by atoms with Crippen LogP contribution in [-0.2, 0) is 44.6 Å². The number of piperazine rings is 1. The summed E-state index contributed by atoms with van der Waals surface area (Å²) < 4.78 is 55.9. The molecule has 0 saturated carbocycles. The Bertz CT molecular complexity index is 1840. The highest BCUT2D eigenvalue weighted by Crippen LogP contribution is 2.47. The van der Waals surface area contributed by atoms with E-state index in [4.69, 9.17) is 38.7 Å². The first-order chi connectivity index (χ1) is 23.5. The smallest absolute Gasteiger partial charge is 0.346 e. The fourth-order valence-corrected chi connectivity index (χ4v) is 7.32. The van der Waals surface area contributed by atoms with Crippen LogP contribution in [0.25, 0.3) is 0 Å². The zero-order valence-corrected chi connectivity index (χ0v) is 29.6. The van der Waals surface area contributed by atoms with Gasteiger partial charge in [-0.05, 0) is 63.6 Å². The summed E-state index contributed by atoms with van der Waals surface area (Å²) in [4.78, 5) is 25.5. The van der Waals surface area contributed by atoms with E-state index in [1.54, 1.807) is 27.7 Å². The summed E-state index contributed by atoms with van der Waals surface area (Å²) in [6.45, 7) is 9.95. The van der Waals surface area contributed by atoms with Gasteiger partial charge >= 0.3 is 16.0 Å². The third-order valence-corrected chi connectivity index (χ3v) is 9.35. The number of aromatic nitrogens is 3. The zero-order chi connectivity index (χ0) is 35.9. The number of hydrogen-bond acceptors (Lipinski definition) is 14. The van der Waals surface area contributed by atoms with Gasteiger partial charge < -0.3 is 44.2 Å². The number of ether oxygens (including phenoxy) is 5. The number of nitrogens with zero attached hydrogens (tertiary/aromatic N) is 4. The highest BCUT2D eigenvalue weighted by Gasteiger charge is 2.65. The molecule has 7 heterocycles. The molecule has 16 nitrogen and oxygen atoms in total. The molecule has 1 aromatic carbocycles. The van der Waals surface area contributed by atoms with E-state index < -0.39 is 52.2 Å². The number of anilines is 2. The molecule has 4 fully saturated rings. The number of hydrogen-bond donors (Lipinski definition) is 3. The number of H-pyrrole nitrogens is 1. The van der Waals surface area contributed by atoms with Gasteiger partial charge in [-0.25, -0.2) is 14.9 Å². The number of rotatable bonds is 3. The highest BCUT2D eigenvalue weighted by molar-refractivity contribution is 7.84. The second-order valence-corrected chi connectivity index (χ2v) is 14.9. The van der Waals surface area contributed by atoms with Crippen LogP contribution in [0.2, 0.25) is 0 Å². The van der Waals surface area contributed by atoms with Gasteiger partial charge in [-0.1, -0.05) is 30.3 Å². The Hall–Kier alpha value is -3.52. The van der Waals surface area contributed by atoms with E-state index in [1.807, 2.05) is 6.20 Å². The summed E-state index contributed by atoms with van der Waals surface area (Å²) in [5, 5.41) is 4.89. The van der Waals surface area contributed by atoms with Gasteiger partial charge in [-0.3, -0.25) is 4.18 Å². The van der Waals surface area contributed by atoms with E-state index in [1.165, 1.54) is 34.8 Å². The van der Waals surface area contributed by atoms with E-state index in [2.05, 4.69) is 68.2 Å². The predicted octanol–water partition coefficient (Wildman–Crippen LogP) is 1.44. The van der Waals surface area contributed by atoms with Gasteiger partial charge in [0.05, 0.1) is 12.6 Å². The summed E-state index contributed by atoms with van der Waals surface area (Å²) in [6, 6.07) is 15.1. The molecule has 1 unspecified atom stereocenters. The molecule has 0 bridgehead atoms. The largest absolute Gasteiger partial charge is 0.383 e. The van der Waals surface area contributed by atoms with Crippen molar-refractivity contribution >= 4 is 21.9 Å². The fourth-order valence-electron chi connectivity index (χ4n) is 6.99. The second kappa shape index (κ2) is 13.9. The second-order valence-electron chi connectivity index (χ2n) is 13.7. The maximum Gasteiger partial charge on any atom is 0.346 e. The van der Waals surface area contributed by atoms with Crippen molar-refractivity contribution in [2.75, 3.05) is 50.5 Å². The van der Waals surface area contributed by atoms with Crippen LogP contribution in [0.1, 0.15) is 50.4 Å². The first-order valence-corrected chi connectivity index (χ1v) is 17.8. The summed E-state index contributed by atoms with van der Waals surface area (Å²) in [6.07, 6.45) is 2.87. The van der Waals surface area contributed by atoms with Crippen molar-refractivity contribution in [1.29, 1.82) is 0 Å². The maximum absolute atomic E-state index is 11.1. The van der Waals surface area contributed by atoms with Crippen LogP contribution in [0.5, 0.6) is 0 Å². The lowest BCUT2D eigenvalue weighted by molar-refractivity contribution is -0.290. The Balaban J connectivity index is 0.000000143. The number of nitrogens with one attached hydrogen (secondary N) is 1. The predicted molar refractivity (Wildman–Crippen MR) is 182 cm³/mol. The quantitative estimate of drug-likeness (QED) is 0.351. The molecule has 5 atom stereocenters. The third kappa shape index (κ3) is 8.17. The van der Waals surface area contributed by atoms with Crippen molar-refractivity contribution in [3.05, 3.63) is 82.0 Å². The van der Waals surface area contributed by atoms with Crippen LogP contribution in [0.3, 0.4) is 0 Å². The zero-order valence-electron chi connectivity index (χ0n) is 28.8. The summed E-state index contributed by atoms with van der Waals surface area (Å²) in [5.74, 6) is -1.76. The molecule has 2 aromatic heterocycles. The number of nitrogen functional groups attached to an aromatic ring is 1. The van der Waals surface area contributed by atoms with Crippen molar-refractivity contribution in [2.24, 2.45) is 5.14 Å². The van der Waals surface area contributed by atoms with Crippen LogP contribution in [0.15, 0.2) is 59.7 Å². The van der Waals surface area contributed by atoms with Crippen LogP contribution in [-0.4, -0.2) is 104 Å². The molecule has 50 heavy (non-hydrogen) atoms. The number of likely N-dealkylation sites (N-methyl/N-ethyl adjacent to an activating group) is 1. The number of fused-ring (bicyclic) bond motifs is 8. The Kier molecular flexibility index (Phi) is 10.1. The van der Waals surface area contributed by atoms with Gasteiger partial charge in [0.25, 0.3) is 0 Å². The SMILES string of the molecule is CC1(C)O[C@@H]2[C@@H](CO[C@@]3(COS(N)(=O)=O)OC(C)(C)O[C@@H]23)O1.CN1CCN2c3ncccc3Cc3ccccc3C2C1.Nc1cc[nH]c(=O)n1. The van der Waals surface area contributed by atoms with Gasteiger partial charge in [0, 0.05) is 38.4 Å². The molecule has 4 saturated heterocycles. The van der Waals surface area contributed by atoms with Crippen molar-refractivity contribution in [3.63, 3.8) is 0 Å². The van der Waals surface area contributed by atoms with Gasteiger partial charge in [0.15, 0.2) is 11.6 Å².